The van der Waals surface area contributed by atoms with Gasteiger partial charge in [0.25, 0.3) is 0 Å². The highest BCUT2D eigenvalue weighted by Gasteiger charge is 2.02. The molecule has 0 aromatic heterocycles. The highest BCUT2D eigenvalue weighted by Crippen LogP contribution is 2.05. The maximum Gasteiger partial charge on any atom is 0.135 e. The number of hydrogen-bond donors (Lipinski definition) is 0. The second-order valence-electron chi connectivity index (χ2n) is 4.24. The van der Waals surface area contributed by atoms with Crippen LogP contribution in [0.5, 0.6) is 0 Å². The van der Waals surface area contributed by atoms with E-state index in [2.05, 4.69) is 19.1 Å². The molecule has 0 heterocycles. The zero-order valence-electron chi connectivity index (χ0n) is 10.7. The van der Waals surface area contributed by atoms with Crippen molar-refractivity contribution in [2.75, 3.05) is 13.2 Å². The Morgan fingerprint density at radius 3 is 2.59 bits per heavy atom. The number of Topliss-reactive ketones (excluding diaryl/α,β-unsaturated/α-hetero) is 1. The average molecular weight is 234 g/mol. The van der Waals surface area contributed by atoms with Crippen LogP contribution in [0.25, 0.3) is 0 Å². The van der Waals surface area contributed by atoms with E-state index in [4.69, 9.17) is 4.74 Å². The summed E-state index contributed by atoms with van der Waals surface area (Å²) in [4.78, 5) is 11.5. The molecule has 1 rings (SSSR count). The fourth-order valence-corrected chi connectivity index (χ4v) is 1.69. The molecule has 0 aliphatic carbocycles. The Kier molecular flexibility index (Phi) is 7.32. The number of ether oxygens (including phenoxy) is 1. The van der Waals surface area contributed by atoms with Crippen molar-refractivity contribution >= 4 is 5.78 Å². The smallest absolute Gasteiger partial charge is 0.135 e. The van der Waals surface area contributed by atoms with Crippen molar-refractivity contribution in [3.05, 3.63) is 35.9 Å². The van der Waals surface area contributed by atoms with Gasteiger partial charge in [0.1, 0.15) is 5.78 Å². The second-order valence-corrected chi connectivity index (χ2v) is 4.24. The van der Waals surface area contributed by atoms with Gasteiger partial charge in [0.15, 0.2) is 0 Å². The summed E-state index contributed by atoms with van der Waals surface area (Å²) in [6, 6.07) is 10.3. The molecule has 17 heavy (non-hydrogen) atoms. The molecule has 0 fully saturated rings. The highest BCUT2D eigenvalue weighted by atomic mass is 16.5. The molecule has 0 radical (unpaired) electrons. The third-order valence-electron chi connectivity index (χ3n) is 2.64. The standard InChI is InChI=1S/C15H22O2/c1-2-12-17-13-11-15(16)10-6-9-14-7-4-3-5-8-14/h3-5,7-8H,2,6,9-13H2,1H3. The fourth-order valence-electron chi connectivity index (χ4n) is 1.69. The molecular weight excluding hydrogens is 212 g/mol. The van der Waals surface area contributed by atoms with Gasteiger partial charge in [-0.3, -0.25) is 4.79 Å². The van der Waals surface area contributed by atoms with Gasteiger partial charge in [-0.1, -0.05) is 37.3 Å². The molecular formula is C15H22O2. The molecule has 2 nitrogen and oxygen atoms in total. The minimum Gasteiger partial charge on any atom is -0.381 e. The van der Waals surface area contributed by atoms with Crippen molar-refractivity contribution in [2.45, 2.75) is 39.0 Å². The molecule has 0 bridgehead atoms. The van der Waals surface area contributed by atoms with Crippen molar-refractivity contribution in [1.82, 2.24) is 0 Å². The van der Waals surface area contributed by atoms with Gasteiger partial charge < -0.3 is 4.74 Å². The lowest BCUT2D eigenvalue weighted by molar-refractivity contribution is -0.120. The highest BCUT2D eigenvalue weighted by molar-refractivity contribution is 5.78. The second kappa shape index (κ2) is 8.94. The van der Waals surface area contributed by atoms with Crippen LogP contribution in [-0.4, -0.2) is 19.0 Å². The fraction of sp³-hybridized carbons (Fsp3) is 0.533. The van der Waals surface area contributed by atoms with Gasteiger partial charge in [0, 0.05) is 19.4 Å². The molecule has 0 N–H and O–H groups in total. The van der Waals surface area contributed by atoms with Gasteiger partial charge in [0.05, 0.1) is 6.61 Å². The average Bonchev–Trinajstić information content (AvgIpc) is 2.36. The number of aryl methyl sites for hydroxylation is 1. The summed E-state index contributed by atoms with van der Waals surface area (Å²) in [5.41, 5.74) is 1.31. The van der Waals surface area contributed by atoms with Crippen LogP contribution in [-0.2, 0) is 16.0 Å². The van der Waals surface area contributed by atoms with Crippen LogP contribution in [0.1, 0.15) is 38.2 Å². The van der Waals surface area contributed by atoms with Crippen LogP contribution >= 0.6 is 0 Å². The number of rotatable bonds is 9. The van der Waals surface area contributed by atoms with Crippen molar-refractivity contribution in [3.8, 4) is 0 Å². The summed E-state index contributed by atoms with van der Waals surface area (Å²) in [5.74, 6) is 0.317. The van der Waals surface area contributed by atoms with Crippen LogP contribution in [0.4, 0.5) is 0 Å². The molecule has 0 unspecified atom stereocenters. The van der Waals surface area contributed by atoms with E-state index in [1.165, 1.54) is 5.56 Å². The molecule has 94 valence electrons. The van der Waals surface area contributed by atoms with Crippen LogP contribution in [0.3, 0.4) is 0 Å². The first kappa shape index (κ1) is 13.9. The summed E-state index contributed by atoms with van der Waals surface area (Å²) in [6.45, 7) is 3.41. The molecule has 2 heteroatoms. The third kappa shape index (κ3) is 6.90. The van der Waals surface area contributed by atoms with Gasteiger partial charge in [-0.25, -0.2) is 0 Å². The predicted molar refractivity (Wildman–Crippen MR) is 70.1 cm³/mol. The van der Waals surface area contributed by atoms with Gasteiger partial charge in [-0.2, -0.15) is 0 Å². The largest absolute Gasteiger partial charge is 0.381 e. The van der Waals surface area contributed by atoms with Crippen molar-refractivity contribution in [2.24, 2.45) is 0 Å². The molecule has 1 aromatic carbocycles. The zero-order valence-corrected chi connectivity index (χ0v) is 10.7. The third-order valence-corrected chi connectivity index (χ3v) is 2.64. The summed E-state index contributed by atoms with van der Waals surface area (Å²) >= 11 is 0. The lowest BCUT2D eigenvalue weighted by Gasteiger charge is -2.03. The van der Waals surface area contributed by atoms with E-state index in [1.807, 2.05) is 18.2 Å². The molecule has 0 aliphatic rings. The molecule has 0 spiro atoms. The van der Waals surface area contributed by atoms with E-state index in [0.29, 0.717) is 25.2 Å². The van der Waals surface area contributed by atoms with Gasteiger partial charge in [-0.05, 0) is 24.8 Å². The maximum absolute atomic E-state index is 11.5. The van der Waals surface area contributed by atoms with Crippen LogP contribution in [0.15, 0.2) is 30.3 Å². The molecule has 0 saturated heterocycles. The lowest BCUT2D eigenvalue weighted by atomic mass is 10.1. The van der Waals surface area contributed by atoms with Crippen molar-refractivity contribution in [3.63, 3.8) is 0 Å². The van der Waals surface area contributed by atoms with E-state index in [9.17, 15) is 4.79 Å². The SMILES string of the molecule is CCCOCCC(=O)CCCc1ccccc1. The summed E-state index contributed by atoms with van der Waals surface area (Å²) in [5, 5.41) is 0. The Hall–Kier alpha value is -1.15. The van der Waals surface area contributed by atoms with Crippen LogP contribution < -0.4 is 0 Å². The normalized spacial score (nSPS) is 10.4. The van der Waals surface area contributed by atoms with Crippen LogP contribution in [0, 0.1) is 0 Å². The first-order valence-electron chi connectivity index (χ1n) is 6.46. The Morgan fingerprint density at radius 1 is 1.12 bits per heavy atom. The molecule has 0 aliphatic heterocycles. The van der Waals surface area contributed by atoms with E-state index < -0.39 is 0 Å². The van der Waals surface area contributed by atoms with Gasteiger partial charge >= 0.3 is 0 Å². The summed E-state index contributed by atoms with van der Waals surface area (Å²) in [7, 11) is 0. The van der Waals surface area contributed by atoms with E-state index in [1.54, 1.807) is 0 Å². The first-order valence-corrected chi connectivity index (χ1v) is 6.46. The first-order chi connectivity index (χ1) is 8.33. The summed E-state index contributed by atoms with van der Waals surface area (Å²) < 4.78 is 5.30. The van der Waals surface area contributed by atoms with E-state index in [0.717, 1.165) is 25.9 Å². The van der Waals surface area contributed by atoms with Crippen molar-refractivity contribution < 1.29 is 9.53 Å². The molecule has 1 aromatic rings. The van der Waals surface area contributed by atoms with E-state index in [-0.39, 0.29) is 0 Å². The lowest BCUT2D eigenvalue weighted by Crippen LogP contribution is -2.05. The predicted octanol–water partition coefficient (Wildman–Crippen LogP) is 3.40. The maximum atomic E-state index is 11.5. The quantitative estimate of drug-likeness (QED) is 0.612. The Balaban J connectivity index is 2.04. The van der Waals surface area contributed by atoms with Crippen molar-refractivity contribution in [1.29, 1.82) is 0 Å². The minimum absolute atomic E-state index is 0.317. The Labute approximate surface area is 104 Å². The Morgan fingerprint density at radius 2 is 1.88 bits per heavy atom. The van der Waals surface area contributed by atoms with Crippen LogP contribution in [0.2, 0.25) is 0 Å². The van der Waals surface area contributed by atoms with Gasteiger partial charge in [0.2, 0.25) is 0 Å². The summed E-state index contributed by atoms with van der Waals surface area (Å²) in [6.07, 6.45) is 4.18. The van der Waals surface area contributed by atoms with Gasteiger partial charge in [-0.15, -0.1) is 0 Å². The molecule has 0 saturated carbocycles. The number of hydrogen-bond acceptors (Lipinski definition) is 2. The zero-order chi connectivity index (χ0) is 12.3. The number of ketones is 1. The monoisotopic (exact) mass is 234 g/mol. The molecule has 0 atom stereocenters. The topological polar surface area (TPSA) is 26.3 Å². The number of benzene rings is 1. The Bertz CT molecular complexity index is 306. The molecule has 0 amide bonds. The number of carbonyl (C=O) groups is 1. The minimum atomic E-state index is 0.317. The number of carbonyl (C=O) groups excluding carboxylic acids is 1. The van der Waals surface area contributed by atoms with E-state index >= 15 is 0 Å².